The summed E-state index contributed by atoms with van der Waals surface area (Å²) < 4.78 is 64.1. The fourth-order valence-electron chi connectivity index (χ4n) is 4.31. The molecule has 2 aliphatic rings. The fourth-order valence-corrected chi connectivity index (χ4v) is 4.31. The van der Waals surface area contributed by atoms with E-state index in [1.165, 1.54) is 12.1 Å². The third-order valence-electron chi connectivity index (χ3n) is 6.03. The minimum absolute atomic E-state index is 0.0806. The van der Waals surface area contributed by atoms with Crippen LogP contribution in [-0.4, -0.2) is 79.4 Å². The zero-order chi connectivity index (χ0) is 24.1. The smallest absolute Gasteiger partial charge is 0.475 e. The summed E-state index contributed by atoms with van der Waals surface area (Å²) in [4.78, 5) is 25.5. The van der Waals surface area contributed by atoms with Crippen molar-refractivity contribution in [1.29, 1.82) is 0 Å². The summed E-state index contributed by atoms with van der Waals surface area (Å²) in [6, 6.07) is 4.43. The van der Waals surface area contributed by atoms with E-state index in [1.807, 2.05) is 0 Å². The molecule has 180 valence electrons. The van der Waals surface area contributed by atoms with E-state index < -0.39 is 23.8 Å². The first-order valence-corrected chi connectivity index (χ1v) is 10.1. The molecule has 1 spiro atoms. The van der Waals surface area contributed by atoms with Gasteiger partial charge in [0.15, 0.2) is 11.6 Å². The Hall–Kier alpha value is -2.27. The van der Waals surface area contributed by atoms with Crippen molar-refractivity contribution < 1.29 is 41.4 Å². The van der Waals surface area contributed by atoms with Gasteiger partial charge in [-0.25, -0.2) is 13.6 Å². The molecule has 1 atom stereocenters. The number of ether oxygens (including phenoxy) is 1. The number of amides is 1. The van der Waals surface area contributed by atoms with Gasteiger partial charge in [-0.3, -0.25) is 4.79 Å². The summed E-state index contributed by atoms with van der Waals surface area (Å²) in [6.07, 6.45) is -2.16. The normalized spacial score (nSPS) is 20.7. The molecular weight excluding hydrogens is 439 g/mol. The lowest BCUT2D eigenvalue weighted by Crippen LogP contribution is -2.44. The molecule has 0 bridgehead atoms. The van der Waals surface area contributed by atoms with Gasteiger partial charge < -0.3 is 19.6 Å². The summed E-state index contributed by atoms with van der Waals surface area (Å²) in [5, 5.41) is 7.12. The van der Waals surface area contributed by atoms with E-state index in [9.17, 15) is 26.7 Å². The van der Waals surface area contributed by atoms with Crippen LogP contribution < -0.4 is 0 Å². The molecular formula is C21H27F5N2O4. The van der Waals surface area contributed by atoms with Gasteiger partial charge in [-0.2, -0.15) is 13.2 Å². The number of halogens is 5. The molecule has 11 heteroatoms. The summed E-state index contributed by atoms with van der Waals surface area (Å²) in [7, 11) is 3.86. The third kappa shape index (κ3) is 6.61. The highest BCUT2D eigenvalue weighted by Gasteiger charge is 2.44. The molecule has 0 saturated carbocycles. The quantitative estimate of drug-likeness (QED) is 0.691. The van der Waals surface area contributed by atoms with Crippen LogP contribution in [0.2, 0.25) is 0 Å². The Balaban J connectivity index is 0.000000451. The first-order valence-electron chi connectivity index (χ1n) is 10.1. The van der Waals surface area contributed by atoms with Crippen molar-refractivity contribution in [2.75, 3.05) is 40.4 Å². The van der Waals surface area contributed by atoms with Crippen molar-refractivity contribution >= 4 is 11.9 Å². The van der Waals surface area contributed by atoms with Gasteiger partial charge in [-0.1, -0.05) is 12.1 Å². The van der Waals surface area contributed by atoms with Crippen molar-refractivity contribution in [3.63, 3.8) is 0 Å². The van der Waals surface area contributed by atoms with Gasteiger partial charge in [-0.05, 0) is 37.8 Å². The highest BCUT2D eigenvalue weighted by molar-refractivity contribution is 5.79. The number of aliphatic carboxylic acids is 1. The maximum atomic E-state index is 13.8. The number of piperidine rings is 1. The first-order chi connectivity index (χ1) is 14.9. The molecule has 0 aliphatic carbocycles. The minimum Gasteiger partial charge on any atom is -0.475 e. The van der Waals surface area contributed by atoms with Crippen LogP contribution in [0.3, 0.4) is 0 Å². The monoisotopic (exact) mass is 466 g/mol. The van der Waals surface area contributed by atoms with E-state index in [4.69, 9.17) is 14.6 Å². The first kappa shape index (κ1) is 26.0. The van der Waals surface area contributed by atoms with Crippen LogP contribution in [-0.2, 0) is 20.7 Å². The Morgan fingerprint density at radius 2 is 1.81 bits per heavy atom. The van der Waals surface area contributed by atoms with Gasteiger partial charge in [0.25, 0.3) is 0 Å². The molecule has 1 unspecified atom stereocenters. The molecule has 3 rings (SSSR count). The number of hydrogen-bond donors (Lipinski definition) is 1. The zero-order valence-electron chi connectivity index (χ0n) is 17.9. The number of alkyl halides is 3. The number of likely N-dealkylation sites (tertiary alicyclic amines) is 2. The number of likely N-dealkylation sites (N-methyl/N-ethyl adjacent to an activating group) is 1. The molecule has 0 aromatic heterocycles. The van der Waals surface area contributed by atoms with Crippen molar-refractivity contribution in [2.24, 2.45) is 5.41 Å². The van der Waals surface area contributed by atoms with Gasteiger partial charge in [0, 0.05) is 38.3 Å². The Morgan fingerprint density at radius 3 is 2.34 bits per heavy atom. The van der Waals surface area contributed by atoms with Crippen LogP contribution >= 0.6 is 0 Å². The number of nitrogens with zero attached hydrogens (tertiary/aromatic N) is 2. The maximum Gasteiger partial charge on any atom is 0.490 e. The van der Waals surface area contributed by atoms with E-state index in [0.717, 1.165) is 38.5 Å². The van der Waals surface area contributed by atoms with Gasteiger partial charge in [0.05, 0.1) is 13.0 Å². The highest BCUT2D eigenvalue weighted by atomic mass is 19.4. The molecule has 1 N–H and O–H groups in total. The van der Waals surface area contributed by atoms with Crippen LogP contribution in [0.5, 0.6) is 0 Å². The summed E-state index contributed by atoms with van der Waals surface area (Å²) in [5.41, 5.74) is 0.379. The summed E-state index contributed by atoms with van der Waals surface area (Å²) in [5.74, 6) is -4.70. The van der Waals surface area contributed by atoms with E-state index in [1.54, 1.807) is 12.0 Å². The van der Waals surface area contributed by atoms with Gasteiger partial charge in [0.1, 0.15) is 0 Å². The van der Waals surface area contributed by atoms with Crippen LogP contribution in [0.15, 0.2) is 18.2 Å². The van der Waals surface area contributed by atoms with Gasteiger partial charge in [-0.15, -0.1) is 0 Å². The zero-order valence-corrected chi connectivity index (χ0v) is 17.9. The molecule has 1 amide bonds. The molecule has 2 fully saturated rings. The maximum absolute atomic E-state index is 13.8. The summed E-state index contributed by atoms with van der Waals surface area (Å²) >= 11 is 0. The second-order valence-electron chi connectivity index (χ2n) is 8.30. The second kappa shape index (κ2) is 10.6. The average molecular weight is 466 g/mol. The summed E-state index contributed by atoms with van der Waals surface area (Å²) in [6.45, 7) is 3.13. The predicted molar refractivity (Wildman–Crippen MR) is 105 cm³/mol. The molecule has 0 radical (unpaired) electrons. The second-order valence-corrected chi connectivity index (χ2v) is 8.30. The lowest BCUT2D eigenvalue weighted by molar-refractivity contribution is -0.192. The molecule has 6 nitrogen and oxygen atoms in total. The molecule has 2 saturated heterocycles. The lowest BCUT2D eigenvalue weighted by atomic mass is 9.76. The highest BCUT2D eigenvalue weighted by Crippen LogP contribution is 2.42. The van der Waals surface area contributed by atoms with Crippen LogP contribution in [0.25, 0.3) is 0 Å². The molecule has 32 heavy (non-hydrogen) atoms. The van der Waals surface area contributed by atoms with Crippen molar-refractivity contribution in [3.8, 4) is 0 Å². The van der Waals surface area contributed by atoms with E-state index in [-0.39, 0.29) is 23.3 Å². The standard InChI is InChI=1S/C19H26F2N2O2.C2HF3O2/c1-22-13-19(11-15(22)12-25-2)6-8-23(9-7-19)17(24)10-14-4-3-5-16(20)18(14)21;3-2(4,5)1(6)7/h3-5,15H,6-13H2,1-2H3;(H,6,7). The Morgan fingerprint density at radius 1 is 1.22 bits per heavy atom. The SMILES string of the molecule is COCC1CC2(CCN(C(=O)Cc3cccc(F)c3F)CC2)CN1C.O=C(O)C(F)(F)F. The van der Waals surface area contributed by atoms with Gasteiger partial charge >= 0.3 is 12.1 Å². The average Bonchev–Trinajstić information content (AvgIpc) is 3.00. The molecule has 1 aromatic rings. The third-order valence-corrected chi connectivity index (χ3v) is 6.03. The van der Waals surface area contributed by atoms with Crippen LogP contribution in [0, 0.1) is 17.0 Å². The van der Waals surface area contributed by atoms with Crippen LogP contribution in [0.1, 0.15) is 24.8 Å². The van der Waals surface area contributed by atoms with Crippen LogP contribution in [0.4, 0.5) is 22.0 Å². The number of carbonyl (C=O) groups excluding carboxylic acids is 1. The Kier molecular flexibility index (Phi) is 8.58. The number of benzene rings is 1. The van der Waals surface area contributed by atoms with Crippen molar-refractivity contribution in [2.45, 2.75) is 37.9 Å². The fraction of sp³-hybridized carbons (Fsp3) is 0.619. The number of carboxylic acids is 1. The number of carbonyl (C=O) groups is 2. The van der Waals surface area contributed by atoms with Crippen molar-refractivity contribution in [1.82, 2.24) is 9.80 Å². The molecule has 2 aliphatic heterocycles. The van der Waals surface area contributed by atoms with Crippen molar-refractivity contribution in [3.05, 3.63) is 35.4 Å². The largest absolute Gasteiger partial charge is 0.490 e. The topological polar surface area (TPSA) is 70.1 Å². The van der Waals surface area contributed by atoms with E-state index >= 15 is 0 Å². The Bertz CT molecular complexity index is 810. The number of hydrogen-bond acceptors (Lipinski definition) is 4. The van der Waals surface area contributed by atoms with E-state index in [2.05, 4.69) is 11.9 Å². The molecule has 2 heterocycles. The lowest BCUT2D eigenvalue weighted by Gasteiger charge is -2.39. The molecule has 1 aromatic carbocycles. The number of carboxylic acid groups (broad SMARTS) is 1. The van der Waals surface area contributed by atoms with Gasteiger partial charge in [0.2, 0.25) is 5.91 Å². The number of rotatable bonds is 4. The van der Waals surface area contributed by atoms with E-state index in [0.29, 0.717) is 19.1 Å². The Labute approximate surface area is 182 Å². The predicted octanol–water partition coefficient (Wildman–Crippen LogP) is 3.10. The minimum atomic E-state index is -5.08. The number of methoxy groups -OCH3 is 1.